The normalized spacial score (nSPS) is 11.1. The van der Waals surface area contributed by atoms with E-state index in [1.165, 1.54) is 18.2 Å². The molecule has 4 rings (SSSR count). The van der Waals surface area contributed by atoms with Crippen molar-refractivity contribution >= 4 is 27.6 Å². The zero-order chi connectivity index (χ0) is 16.0. The van der Waals surface area contributed by atoms with E-state index in [0.717, 1.165) is 16.3 Å². The standard InChI is InChI=1S/C17H10N2O4/c20-17-10-15(13-3-1-2-4-16(13)23-17)18-8-7-11-9-12(19(21)22)5-6-14(11)18/h1-10H. The molecule has 0 radical (unpaired) electrons. The number of para-hydroxylation sites is 1. The van der Waals surface area contributed by atoms with Crippen molar-refractivity contribution in [1.29, 1.82) is 0 Å². The van der Waals surface area contributed by atoms with Gasteiger partial charge in [0.25, 0.3) is 5.69 Å². The summed E-state index contributed by atoms with van der Waals surface area (Å²) < 4.78 is 7.04. The Balaban J connectivity index is 2.03. The number of nitro groups is 1. The summed E-state index contributed by atoms with van der Waals surface area (Å²) >= 11 is 0. The molecule has 112 valence electrons. The first kappa shape index (κ1) is 13.3. The Morgan fingerprint density at radius 2 is 1.87 bits per heavy atom. The Bertz CT molecular complexity index is 1120. The zero-order valence-corrected chi connectivity index (χ0v) is 11.8. The van der Waals surface area contributed by atoms with Gasteiger partial charge < -0.3 is 8.98 Å². The van der Waals surface area contributed by atoms with Gasteiger partial charge in [-0.15, -0.1) is 0 Å². The summed E-state index contributed by atoms with van der Waals surface area (Å²) in [6.07, 6.45) is 1.79. The van der Waals surface area contributed by atoms with Gasteiger partial charge >= 0.3 is 5.63 Å². The molecule has 0 amide bonds. The van der Waals surface area contributed by atoms with E-state index in [1.54, 1.807) is 30.5 Å². The van der Waals surface area contributed by atoms with Crippen LogP contribution < -0.4 is 5.63 Å². The molecule has 0 atom stereocenters. The van der Waals surface area contributed by atoms with Crippen LogP contribution in [0.15, 0.2) is 70.0 Å². The van der Waals surface area contributed by atoms with E-state index in [9.17, 15) is 14.9 Å². The average Bonchev–Trinajstić information content (AvgIpc) is 2.96. The van der Waals surface area contributed by atoms with Gasteiger partial charge in [0.05, 0.1) is 16.1 Å². The maximum absolute atomic E-state index is 11.8. The summed E-state index contributed by atoms with van der Waals surface area (Å²) in [5.41, 5.74) is 1.56. The Morgan fingerprint density at radius 3 is 2.70 bits per heavy atom. The Kier molecular flexibility index (Phi) is 2.77. The first-order chi connectivity index (χ1) is 11.1. The van der Waals surface area contributed by atoms with E-state index in [0.29, 0.717) is 11.3 Å². The Labute approximate surface area is 129 Å². The van der Waals surface area contributed by atoms with Gasteiger partial charge in [-0.3, -0.25) is 10.1 Å². The van der Waals surface area contributed by atoms with Gasteiger partial charge in [-0.25, -0.2) is 4.79 Å². The molecule has 0 spiro atoms. The average molecular weight is 306 g/mol. The van der Waals surface area contributed by atoms with Crippen LogP contribution in [0.2, 0.25) is 0 Å². The predicted octanol–water partition coefficient (Wildman–Crippen LogP) is 3.65. The number of nitro benzene ring substituents is 1. The van der Waals surface area contributed by atoms with Crippen LogP contribution in [0, 0.1) is 10.1 Å². The van der Waals surface area contributed by atoms with Gasteiger partial charge in [-0.1, -0.05) is 12.1 Å². The summed E-state index contributed by atoms with van der Waals surface area (Å²) in [5.74, 6) is 0. The molecule has 4 aromatic rings. The fourth-order valence-electron chi connectivity index (χ4n) is 2.75. The summed E-state index contributed by atoms with van der Waals surface area (Å²) in [7, 11) is 0. The number of non-ortho nitro benzene ring substituents is 1. The van der Waals surface area contributed by atoms with Gasteiger partial charge in [0.2, 0.25) is 0 Å². The van der Waals surface area contributed by atoms with Crippen LogP contribution in [0.3, 0.4) is 0 Å². The minimum Gasteiger partial charge on any atom is -0.423 e. The molecule has 0 saturated carbocycles. The highest BCUT2D eigenvalue weighted by atomic mass is 16.6. The lowest BCUT2D eigenvalue weighted by Gasteiger charge is -2.08. The number of hydrogen-bond donors (Lipinski definition) is 0. The smallest absolute Gasteiger partial charge is 0.338 e. The molecule has 0 bridgehead atoms. The third-order valence-corrected chi connectivity index (χ3v) is 3.77. The third-order valence-electron chi connectivity index (χ3n) is 3.77. The molecular weight excluding hydrogens is 296 g/mol. The van der Waals surface area contributed by atoms with Crippen molar-refractivity contribution in [2.24, 2.45) is 0 Å². The van der Waals surface area contributed by atoms with Crippen LogP contribution in [0.5, 0.6) is 0 Å². The van der Waals surface area contributed by atoms with Crippen LogP contribution in [0.25, 0.3) is 27.6 Å². The quantitative estimate of drug-likeness (QED) is 0.322. The van der Waals surface area contributed by atoms with Crippen molar-refractivity contribution in [3.05, 3.63) is 81.3 Å². The van der Waals surface area contributed by atoms with Gasteiger partial charge in [-0.2, -0.15) is 0 Å². The first-order valence-electron chi connectivity index (χ1n) is 6.92. The number of fused-ring (bicyclic) bond motifs is 2. The van der Waals surface area contributed by atoms with Gasteiger partial charge in [0.15, 0.2) is 0 Å². The maximum atomic E-state index is 11.8. The van der Waals surface area contributed by atoms with Crippen molar-refractivity contribution in [3.63, 3.8) is 0 Å². The van der Waals surface area contributed by atoms with E-state index >= 15 is 0 Å². The molecule has 0 unspecified atom stereocenters. The van der Waals surface area contributed by atoms with Crippen molar-refractivity contribution in [2.75, 3.05) is 0 Å². The second-order valence-corrected chi connectivity index (χ2v) is 5.13. The number of aromatic nitrogens is 1. The van der Waals surface area contributed by atoms with Crippen LogP contribution >= 0.6 is 0 Å². The lowest BCUT2D eigenvalue weighted by atomic mass is 10.2. The van der Waals surface area contributed by atoms with E-state index in [4.69, 9.17) is 4.42 Å². The molecule has 0 saturated heterocycles. The summed E-state index contributed by atoms with van der Waals surface area (Å²) in [5, 5.41) is 12.4. The van der Waals surface area contributed by atoms with Crippen molar-refractivity contribution < 1.29 is 9.34 Å². The minimum absolute atomic E-state index is 0.0349. The molecular formula is C17H10N2O4. The highest BCUT2D eigenvalue weighted by Gasteiger charge is 2.12. The van der Waals surface area contributed by atoms with Crippen molar-refractivity contribution in [3.8, 4) is 5.69 Å². The SMILES string of the molecule is O=c1cc(-n2ccc3cc([N+](=O)[O-])ccc32)c2ccccc2o1. The molecule has 2 aromatic heterocycles. The Morgan fingerprint density at radius 1 is 1.04 bits per heavy atom. The van der Waals surface area contributed by atoms with E-state index < -0.39 is 10.5 Å². The molecule has 0 N–H and O–H groups in total. The molecule has 6 heteroatoms. The largest absolute Gasteiger partial charge is 0.423 e. The first-order valence-corrected chi connectivity index (χ1v) is 6.92. The summed E-state index contributed by atoms with van der Waals surface area (Å²) in [6.45, 7) is 0. The van der Waals surface area contributed by atoms with Gasteiger partial charge in [-0.05, 0) is 24.3 Å². The second kappa shape index (κ2) is 4.81. The van der Waals surface area contributed by atoms with Crippen LogP contribution in [-0.2, 0) is 0 Å². The Hall–Kier alpha value is -3.41. The fraction of sp³-hybridized carbons (Fsp3) is 0. The number of benzene rings is 2. The second-order valence-electron chi connectivity index (χ2n) is 5.13. The fourth-order valence-corrected chi connectivity index (χ4v) is 2.75. The molecule has 0 fully saturated rings. The van der Waals surface area contributed by atoms with Gasteiger partial charge in [0.1, 0.15) is 5.58 Å². The van der Waals surface area contributed by atoms with E-state index in [1.807, 2.05) is 16.7 Å². The molecule has 6 nitrogen and oxygen atoms in total. The van der Waals surface area contributed by atoms with Crippen LogP contribution in [0.1, 0.15) is 0 Å². The molecule has 2 heterocycles. The maximum Gasteiger partial charge on any atom is 0.338 e. The zero-order valence-electron chi connectivity index (χ0n) is 11.8. The summed E-state index contributed by atoms with van der Waals surface area (Å²) in [4.78, 5) is 22.3. The summed E-state index contributed by atoms with van der Waals surface area (Å²) in [6, 6.07) is 15.1. The van der Waals surface area contributed by atoms with Crippen LogP contribution in [0.4, 0.5) is 5.69 Å². The molecule has 2 aromatic carbocycles. The highest BCUT2D eigenvalue weighted by Crippen LogP contribution is 2.27. The van der Waals surface area contributed by atoms with Gasteiger partial charge in [0, 0.05) is 35.2 Å². The number of rotatable bonds is 2. The monoisotopic (exact) mass is 306 g/mol. The minimum atomic E-state index is -0.442. The van der Waals surface area contributed by atoms with Crippen LogP contribution in [-0.4, -0.2) is 9.49 Å². The lowest BCUT2D eigenvalue weighted by molar-refractivity contribution is -0.384. The molecule has 0 aliphatic heterocycles. The van der Waals surface area contributed by atoms with E-state index in [-0.39, 0.29) is 5.69 Å². The predicted molar refractivity (Wildman–Crippen MR) is 86.0 cm³/mol. The topological polar surface area (TPSA) is 78.3 Å². The number of hydrogen-bond acceptors (Lipinski definition) is 4. The molecule has 0 aliphatic carbocycles. The molecule has 0 aliphatic rings. The lowest BCUT2D eigenvalue weighted by Crippen LogP contribution is -2.02. The van der Waals surface area contributed by atoms with Crippen molar-refractivity contribution in [1.82, 2.24) is 4.57 Å². The molecule has 23 heavy (non-hydrogen) atoms. The highest BCUT2D eigenvalue weighted by molar-refractivity contribution is 5.90. The number of nitrogens with zero attached hydrogens (tertiary/aromatic N) is 2. The van der Waals surface area contributed by atoms with Crippen molar-refractivity contribution in [2.45, 2.75) is 0 Å². The third kappa shape index (κ3) is 2.08. The van der Waals surface area contributed by atoms with E-state index in [2.05, 4.69) is 0 Å².